The number of likely N-dealkylation sites (N-methyl/N-ethyl adjacent to an activating group) is 1. The van der Waals surface area contributed by atoms with Gasteiger partial charge in [-0.15, -0.1) is 0 Å². The third kappa shape index (κ3) is 3.03. The van der Waals surface area contributed by atoms with Crippen molar-refractivity contribution in [3.8, 4) is 5.75 Å². The van der Waals surface area contributed by atoms with Gasteiger partial charge in [-0.1, -0.05) is 22.0 Å². The van der Waals surface area contributed by atoms with Crippen molar-refractivity contribution in [2.45, 2.75) is 13.0 Å². The highest BCUT2D eigenvalue weighted by molar-refractivity contribution is 9.10. The second kappa shape index (κ2) is 5.00. The van der Waals surface area contributed by atoms with Crippen molar-refractivity contribution in [2.24, 2.45) is 0 Å². The molecule has 1 rings (SSSR count). The van der Waals surface area contributed by atoms with Crippen LogP contribution in [0.15, 0.2) is 28.7 Å². The quantitative estimate of drug-likeness (QED) is 0.900. The summed E-state index contributed by atoms with van der Waals surface area (Å²) in [7, 11) is 1.59. The summed E-state index contributed by atoms with van der Waals surface area (Å²) in [5, 5.41) is 2.52. The number of carbonyl (C=O) groups excluding carboxylic acids is 1. The zero-order valence-corrected chi connectivity index (χ0v) is 9.67. The number of carbonyl (C=O) groups is 1. The molecule has 0 aliphatic heterocycles. The highest BCUT2D eigenvalue weighted by atomic mass is 79.9. The lowest BCUT2D eigenvalue weighted by Crippen LogP contribution is -2.33. The maximum absolute atomic E-state index is 11.2. The van der Waals surface area contributed by atoms with Gasteiger partial charge < -0.3 is 10.1 Å². The van der Waals surface area contributed by atoms with E-state index in [1.807, 2.05) is 24.3 Å². The molecule has 1 amide bonds. The highest BCUT2D eigenvalue weighted by Crippen LogP contribution is 2.18. The zero-order chi connectivity index (χ0) is 10.6. The molecule has 4 heteroatoms. The van der Waals surface area contributed by atoms with Crippen LogP contribution < -0.4 is 10.1 Å². The van der Waals surface area contributed by atoms with Crippen LogP contribution in [-0.2, 0) is 4.79 Å². The third-order valence-corrected chi connectivity index (χ3v) is 2.22. The van der Waals surface area contributed by atoms with Crippen molar-refractivity contribution >= 4 is 21.8 Å². The number of hydrogen-bond acceptors (Lipinski definition) is 2. The second-order valence-electron chi connectivity index (χ2n) is 2.83. The van der Waals surface area contributed by atoms with Crippen LogP contribution in [-0.4, -0.2) is 19.1 Å². The maximum atomic E-state index is 11.2. The normalized spacial score (nSPS) is 11.9. The molecule has 0 saturated carbocycles. The minimum Gasteiger partial charge on any atom is -0.481 e. The SMILES string of the molecule is CNC(=O)[C@@H](C)Oc1cccc(Br)c1. The largest absolute Gasteiger partial charge is 0.481 e. The van der Waals surface area contributed by atoms with Crippen molar-refractivity contribution in [1.29, 1.82) is 0 Å². The van der Waals surface area contributed by atoms with Crippen molar-refractivity contribution in [2.75, 3.05) is 7.05 Å². The fraction of sp³-hybridized carbons (Fsp3) is 0.300. The number of nitrogens with one attached hydrogen (secondary N) is 1. The Morgan fingerprint density at radius 1 is 1.57 bits per heavy atom. The number of rotatable bonds is 3. The van der Waals surface area contributed by atoms with Crippen molar-refractivity contribution in [1.82, 2.24) is 5.32 Å². The molecule has 0 unspecified atom stereocenters. The molecule has 0 spiro atoms. The summed E-state index contributed by atoms with van der Waals surface area (Å²) < 4.78 is 6.34. The number of halogens is 1. The zero-order valence-electron chi connectivity index (χ0n) is 8.08. The third-order valence-electron chi connectivity index (χ3n) is 1.72. The van der Waals surface area contributed by atoms with Crippen LogP contribution in [0.4, 0.5) is 0 Å². The summed E-state index contributed by atoms with van der Waals surface area (Å²) in [6.07, 6.45) is -0.478. The lowest BCUT2D eigenvalue weighted by Gasteiger charge is -2.12. The smallest absolute Gasteiger partial charge is 0.260 e. The maximum Gasteiger partial charge on any atom is 0.260 e. The highest BCUT2D eigenvalue weighted by Gasteiger charge is 2.11. The van der Waals surface area contributed by atoms with Gasteiger partial charge in [-0.25, -0.2) is 0 Å². The minimum atomic E-state index is -0.478. The van der Waals surface area contributed by atoms with E-state index < -0.39 is 6.10 Å². The van der Waals surface area contributed by atoms with E-state index in [2.05, 4.69) is 21.2 Å². The average Bonchev–Trinajstić information content (AvgIpc) is 2.16. The van der Waals surface area contributed by atoms with Gasteiger partial charge in [-0.05, 0) is 25.1 Å². The molecule has 0 aliphatic rings. The second-order valence-corrected chi connectivity index (χ2v) is 3.75. The number of benzene rings is 1. The Hall–Kier alpha value is -1.03. The first kappa shape index (κ1) is 11.0. The van der Waals surface area contributed by atoms with E-state index in [9.17, 15) is 4.79 Å². The molecular formula is C10H12BrNO2. The fourth-order valence-corrected chi connectivity index (χ4v) is 1.38. The van der Waals surface area contributed by atoms with Gasteiger partial charge in [0.15, 0.2) is 6.10 Å². The molecule has 14 heavy (non-hydrogen) atoms. The van der Waals surface area contributed by atoms with E-state index in [0.717, 1.165) is 4.47 Å². The van der Waals surface area contributed by atoms with Crippen LogP contribution in [0.1, 0.15) is 6.92 Å². The van der Waals surface area contributed by atoms with Gasteiger partial charge >= 0.3 is 0 Å². The minimum absolute atomic E-state index is 0.134. The molecule has 76 valence electrons. The van der Waals surface area contributed by atoms with Crippen LogP contribution in [0.5, 0.6) is 5.75 Å². The Balaban J connectivity index is 2.64. The first-order chi connectivity index (χ1) is 6.63. The van der Waals surface area contributed by atoms with Crippen molar-refractivity contribution in [3.05, 3.63) is 28.7 Å². The molecular weight excluding hydrogens is 246 g/mol. The Morgan fingerprint density at radius 2 is 2.29 bits per heavy atom. The molecule has 1 aromatic carbocycles. The molecule has 1 N–H and O–H groups in total. The molecule has 1 aromatic rings. The van der Waals surface area contributed by atoms with Crippen LogP contribution in [0.2, 0.25) is 0 Å². The van der Waals surface area contributed by atoms with Gasteiger partial charge in [0.1, 0.15) is 5.75 Å². The standard InChI is InChI=1S/C10H12BrNO2/c1-7(10(13)12-2)14-9-5-3-4-8(11)6-9/h3-7H,1-2H3,(H,12,13)/t7-/m1/s1. The van der Waals surface area contributed by atoms with Crippen LogP contribution in [0.25, 0.3) is 0 Å². The summed E-state index contributed by atoms with van der Waals surface area (Å²) in [5.41, 5.74) is 0. The molecule has 3 nitrogen and oxygen atoms in total. The van der Waals surface area contributed by atoms with Gasteiger partial charge in [0.05, 0.1) is 0 Å². The van der Waals surface area contributed by atoms with Gasteiger partial charge in [0, 0.05) is 11.5 Å². The number of ether oxygens (including phenoxy) is 1. The Kier molecular flexibility index (Phi) is 3.95. The molecule has 0 fully saturated rings. The van der Waals surface area contributed by atoms with Crippen molar-refractivity contribution in [3.63, 3.8) is 0 Å². The van der Waals surface area contributed by atoms with Crippen LogP contribution in [0, 0.1) is 0 Å². The lowest BCUT2D eigenvalue weighted by atomic mass is 10.3. The molecule has 0 heterocycles. The average molecular weight is 258 g/mol. The molecule has 0 saturated heterocycles. The van der Waals surface area contributed by atoms with Crippen LogP contribution >= 0.6 is 15.9 Å². The summed E-state index contributed by atoms with van der Waals surface area (Å²) in [5.74, 6) is 0.542. The molecule has 0 aromatic heterocycles. The van der Waals surface area contributed by atoms with E-state index in [4.69, 9.17) is 4.74 Å². The van der Waals surface area contributed by atoms with E-state index in [-0.39, 0.29) is 5.91 Å². The van der Waals surface area contributed by atoms with E-state index in [0.29, 0.717) is 5.75 Å². The summed E-state index contributed by atoms with van der Waals surface area (Å²) in [6.45, 7) is 1.71. The molecule has 1 atom stereocenters. The Morgan fingerprint density at radius 3 is 2.86 bits per heavy atom. The Bertz CT molecular complexity index is 328. The topological polar surface area (TPSA) is 38.3 Å². The molecule has 0 radical (unpaired) electrons. The summed E-state index contributed by atoms with van der Waals surface area (Å²) in [6, 6.07) is 7.39. The van der Waals surface area contributed by atoms with Gasteiger partial charge in [0.25, 0.3) is 5.91 Å². The molecule has 0 bridgehead atoms. The predicted molar refractivity (Wildman–Crippen MR) is 58.3 cm³/mol. The summed E-state index contributed by atoms with van der Waals surface area (Å²) >= 11 is 3.33. The number of hydrogen-bond donors (Lipinski definition) is 1. The lowest BCUT2D eigenvalue weighted by molar-refractivity contribution is -0.126. The molecule has 0 aliphatic carbocycles. The predicted octanol–water partition coefficient (Wildman–Crippen LogP) is 1.96. The van der Waals surface area contributed by atoms with Gasteiger partial charge in [0.2, 0.25) is 0 Å². The first-order valence-electron chi connectivity index (χ1n) is 4.27. The van der Waals surface area contributed by atoms with Gasteiger partial charge in [-0.2, -0.15) is 0 Å². The van der Waals surface area contributed by atoms with Crippen LogP contribution in [0.3, 0.4) is 0 Å². The van der Waals surface area contributed by atoms with E-state index >= 15 is 0 Å². The van der Waals surface area contributed by atoms with Crippen molar-refractivity contribution < 1.29 is 9.53 Å². The van der Waals surface area contributed by atoms with Gasteiger partial charge in [-0.3, -0.25) is 4.79 Å². The van der Waals surface area contributed by atoms with E-state index in [1.54, 1.807) is 14.0 Å². The van der Waals surface area contributed by atoms with E-state index in [1.165, 1.54) is 0 Å². The Labute approximate surface area is 91.6 Å². The number of amides is 1. The fourth-order valence-electron chi connectivity index (χ4n) is 1.00. The summed E-state index contributed by atoms with van der Waals surface area (Å²) in [4.78, 5) is 11.2. The monoisotopic (exact) mass is 257 g/mol. The first-order valence-corrected chi connectivity index (χ1v) is 5.06.